The SMILES string of the molecule is COCCC(C)Nc1cccc([N+](=O)[O-])c1. The van der Waals surface area contributed by atoms with Crippen LogP contribution in [0.5, 0.6) is 0 Å². The molecule has 1 atom stereocenters. The summed E-state index contributed by atoms with van der Waals surface area (Å²) in [6.07, 6.45) is 0.860. The third-order valence-electron chi connectivity index (χ3n) is 2.23. The van der Waals surface area contributed by atoms with Gasteiger partial charge in [0.25, 0.3) is 5.69 Å². The lowest BCUT2D eigenvalue weighted by atomic mass is 10.2. The van der Waals surface area contributed by atoms with Gasteiger partial charge in [-0.1, -0.05) is 6.07 Å². The van der Waals surface area contributed by atoms with Crippen LogP contribution in [0.15, 0.2) is 24.3 Å². The van der Waals surface area contributed by atoms with Crippen molar-refractivity contribution in [3.05, 3.63) is 34.4 Å². The van der Waals surface area contributed by atoms with E-state index in [1.54, 1.807) is 13.2 Å². The first-order valence-corrected chi connectivity index (χ1v) is 5.13. The predicted molar refractivity (Wildman–Crippen MR) is 62.7 cm³/mol. The van der Waals surface area contributed by atoms with E-state index in [2.05, 4.69) is 5.32 Å². The lowest BCUT2D eigenvalue weighted by molar-refractivity contribution is -0.384. The Kier molecular flexibility index (Phi) is 4.72. The topological polar surface area (TPSA) is 64.4 Å². The molecule has 0 saturated carbocycles. The summed E-state index contributed by atoms with van der Waals surface area (Å²) in [5, 5.41) is 13.8. The standard InChI is InChI=1S/C11H16N2O3/c1-9(6-7-16-2)12-10-4-3-5-11(8-10)13(14)15/h3-5,8-9,12H,6-7H2,1-2H3. The van der Waals surface area contributed by atoms with Crippen LogP contribution in [0.1, 0.15) is 13.3 Å². The molecule has 1 aromatic rings. The number of benzene rings is 1. The summed E-state index contributed by atoms with van der Waals surface area (Å²) < 4.78 is 4.96. The van der Waals surface area contributed by atoms with Crippen LogP contribution < -0.4 is 5.32 Å². The van der Waals surface area contributed by atoms with Crippen LogP contribution in [0.4, 0.5) is 11.4 Å². The number of anilines is 1. The first kappa shape index (κ1) is 12.4. The summed E-state index contributed by atoms with van der Waals surface area (Å²) in [6.45, 7) is 2.68. The van der Waals surface area contributed by atoms with Crippen molar-refractivity contribution in [1.29, 1.82) is 0 Å². The molecule has 1 N–H and O–H groups in total. The number of nitrogens with one attached hydrogen (secondary N) is 1. The van der Waals surface area contributed by atoms with Crippen LogP contribution in [-0.4, -0.2) is 24.7 Å². The van der Waals surface area contributed by atoms with Crippen molar-refractivity contribution < 1.29 is 9.66 Å². The zero-order valence-electron chi connectivity index (χ0n) is 9.47. The zero-order valence-corrected chi connectivity index (χ0v) is 9.47. The number of nitrogens with zero attached hydrogens (tertiary/aromatic N) is 1. The average Bonchev–Trinajstić information content (AvgIpc) is 2.26. The van der Waals surface area contributed by atoms with E-state index < -0.39 is 4.92 Å². The molecule has 88 valence electrons. The third kappa shape index (κ3) is 3.86. The number of ether oxygens (including phenoxy) is 1. The lowest BCUT2D eigenvalue weighted by Gasteiger charge is -2.14. The number of hydrogen-bond acceptors (Lipinski definition) is 4. The van der Waals surface area contributed by atoms with Crippen LogP contribution >= 0.6 is 0 Å². The van der Waals surface area contributed by atoms with E-state index in [4.69, 9.17) is 4.74 Å². The van der Waals surface area contributed by atoms with Crippen LogP contribution in [0.2, 0.25) is 0 Å². The number of nitro benzene ring substituents is 1. The molecule has 0 bridgehead atoms. The quantitative estimate of drug-likeness (QED) is 0.595. The molecule has 0 heterocycles. The Balaban J connectivity index is 2.59. The second-order valence-corrected chi connectivity index (χ2v) is 3.63. The van der Waals surface area contributed by atoms with Crippen molar-refractivity contribution in [2.45, 2.75) is 19.4 Å². The van der Waals surface area contributed by atoms with Crippen LogP contribution in [0.3, 0.4) is 0 Å². The van der Waals surface area contributed by atoms with Gasteiger partial charge in [0.05, 0.1) is 4.92 Å². The maximum atomic E-state index is 10.6. The highest BCUT2D eigenvalue weighted by Gasteiger charge is 2.07. The molecule has 0 saturated heterocycles. The summed E-state index contributed by atoms with van der Waals surface area (Å²) in [5.74, 6) is 0. The average molecular weight is 224 g/mol. The van der Waals surface area contributed by atoms with E-state index in [0.29, 0.717) is 6.61 Å². The maximum absolute atomic E-state index is 10.6. The fraction of sp³-hybridized carbons (Fsp3) is 0.455. The molecular formula is C11H16N2O3. The van der Waals surface area contributed by atoms with Gasteiger partial charge in [-0.25, -0.2) is 0 Å². The van der Waals surface area contributed by atoms with Gasteiger partial charge in [-0.15, -0.1) is 0 Å². The Morgan fingerprint density at radius 3 is 2.94 bits per heavy atom. The van der Waals surface area contributed by atoms with Gasteiger partial charge in [0.15, 0.2) is 0 Å². The van der Waals surface area contributed by atoms with Crippen molar-refractivity contribution in [3.8, 4) is 0 Å². The van der Waals surface area contributed by atoms with Gasteiger partial charge in [-0.05, 0) is 19.4 Å². The Morgan fingerprint density at radius 1 is 1.56 bits per heavy atom. The molecule has 0 amide bonds. The van der Waals surface area contributed by atoms with E-state index in [1.807, 2.05) is 13.0 Å². The number of methoxy groups -OCH3 is 1. The first-order valence-electron chi connectivity index (χ1n) is 5.13. The number of nitro groups is 1. The van der Waals surface area contributed by atoms with Crippen LogP contribution in [0.25, 0.3) is 0 Å². The fourth-order valence-electron chi connectivity index (χ4n) is 1.36. The van der Waals surface area contributed by atoms with Gasteiger partial charge >= 0.3 is 0 Å². The van der Waals surface area contributed by atoms with Gasteiger partial charge in [-0.2, -0.15) is 0 Å². The largest absolute Gasteiger partial charge is 0.385 e. The molecule has 1 unspecified atom stereocenters. The van der Waals surface area contributed by atoms with Crippen molar-refractivity contribution >= 4 is 11.4 Å². The summed E-state index contributed by atoms with van der Waals surface area (Å²) in [5.41, 5.74) is 0.863. The normalized spacial score (nSPS) is 12.1. The number of non-ortho nitro benzene ring substituents is 1. The minimum absolute atomic E-state index is 0.101. The lowest BCUT2D eigenvalue weighted by Crippen LogP contribution is -2.17. The Bertz CT molecular complexity index is 355. The fourth-order valence-corrected chi connectivity index (χ4v) is 1.36. The van der Waals surface area contributed by atoms with Crippen molar-refractivity contribution in [2.24, 2.45) is 0 Å². The van der Waals surface area contributed by atoms with Gasteiger partial charge in [-0.3, -0.25) is 10.1 Å². The van der Waals surface area contributed by atoms with E-state index in [9.17, 15) is 10.1 Å². The van der Waals surface area contributed by atoms with E-state index in [-0.39, 0.29) is 11.7 Å². The summed E-state index contributed by atoms with van der Waals surface area (Å²) in [7, 11) is 1.65. The molecule has 5 nitrogen and oxygen atoms in total. The van der Waals surface area contributed by atoms with E-state index in [0.717, 1.165) is 12.1 Å². The molecule has 1 rings (SSSR count). The second-order valence-electron chi connectivity index (χ2n) is 3.63. The molecule has 0 aliphatic heterocycles. The highest BCUT2D eigenvalue weighted by atomic mass is 16.6. The summed E-state index contributed by atoms with van der Waals surface area (Å²) >= 11 is 0. The highest BCUT2D eigenvalue weighted by molar-refractivity contribution is 5.51. The zero-order chi connectivity index (χ0) is 12.0. The molecule has 5 heteroatoms. The number of hydrogen-bond donors (Lipinski definition) is 1. The highest BCUT2D eigenvalue weighted by Crippen LogP contribution is 2.18. The third-order valence-corrected chi connectivity index (χ3v) is 2.23. The van der Waals surface area contributed by atoms with Crippen LogP contribution in [0, 0.1) is 10.1 Å². The second kappa shape index (κ2) is 6.07. The summed E-state index contributed by atoms with van der Waals surface area (Å²) in [6, 6.07) is 6.72. The van der Waals surface area contributed by atoms with Gasteiger partial charge in [0, 0.05) is 37.6 Å². The molecule has 0 aromatic heterocycles. The molecule has 0 radical (unpaired) electrons. The van der Waals surface area contributed by atoms with E-state index in [1.165, 1.54) is 12.1 Å². The molecule has 16 heavy (non-hydrogen) atoms. The Hall–Kier alpha value is -1.62. The molecule has 1 aromatic carbocycles. The van der Waals surface area contributed by atoms with Gasteiger partial charge in [0.2, 0.25) is 0 Å². The first-order chi connectivity index (χ1) is 7.63. The van der Waals surface area contributed by atoms with Gasteiger partial charge < -0.3 is 10.1 Å². The number of rotatable bonds is 6. The minimum Gasteiger partial charge on any atom is -0.385 e. The van der Waals surface area contributed by atoms with Crippen molar-refractivity contribution in [3.63, 3.8) is 0 Å². The maximum Gasteiger partial charge on any atom is 0.271 e. The Labute approximate surface area is 94.6 Å². The van der Waals surface area contributed by atoms with Gasteiger partial charge in [0.1, 0.15) is 0 Å². The van der Waals surface area contributed by atoms with E-state index >= 15 is 0 Å². The molecule has 0 fully saturated rings. The van der Waals surface area contributed by atoms with Crippen molar-refractivity contribution in [1.82, 2.24) is 0 Å². The molecule has 0 aliphatic rings. The molecule has 0 spiro atoms. The molecular weight excluding hydrogens is 208 g/mol. The Morgan fingerprint density at radius 2 is 2.31 bits per heavy atom. The monoisotopic (exact) mass is 224 g/mol. The molecule has 0 aliphatic carbocycles. The predicted octanol–water partition coefficient (Wildman–Crippen LogP) is 2.43. The smallest absolute Gasteiger partial charge is 0.271 e. The van der Waals surface area contributed by atoms with Crippen molar-refractivity contribution in [2.75, 3.05) is 19.0 Å². The minimum atomic E-state index is -0.398. The van der Waals surface area contributed by atoms with Crippen LogP contribution in [-0.2, 0) is 4.74 Å². The summed E-state index contributed by atoms with van der Waals surface area (Å²) in [4.78, 5) is 10.2.